The van der Waals surface area contributed by atoms with Crippen molar-refractivity contribution in [3.8, 4) is 0 Å². The summed E-state index contributed by atoms with van der Waals surface area (Å²) in [5.74, 6) is 0.391. The molecule has 1 aliphatic carbocycles. The van der Waals surface area contributed by atoms with Crippen LogP contribution in [-0.2, 0) is 13.0 Å². The minimum absolute atomic E-state index is 0.0360. The van der Waals surface area contributed by atoms with Crippen LogP contribution in [0.5, 0.6) is 0 Å². The van der Waals surface area contributed by atoms with Gasteiger partial charge in [-0.2, -0.15) is 0 Å². The van der Waals surface area contributed by atoms with Crippen LogP contribution in [0.2, 0.25) is 0 Å². The van der Waals surface area contributed by atoms with Gasteiger partial charge >= 0.3 is 0 Å². The highest BCUT2D eigenvalue weighted by Crippen LogP contribution is 2.27. The van der Waals surface area contributed by atoms with Gasteiger partial charge in [-0.1, -0.05) is 26.2 Å². The highest BCUT2D eigenvalue weighted by Gasteiger charge is 2.33. The smallest absolute Gasteiger partial charge is 0.287 e. The van der Waals surface area contributed by atoms with E-state index < -0.39 is 0 Å². The molecule has 154 valence electrons. The lowest BCUT2D eigenvalue weighted by Crippen LogP contribution is -2.44. The first-order valence-electron chi connectivity index (χ1n) is 11.4. The Hall–Kier alpha value is -1.85. The number of likely N-dealkylation sites (tertiary alicyclic amines) is 1. The van der Waals surface area contributed by atoms with Crippen molar-refractivity contribution >= 4 is 11.8 Å². The number of fused-ring (bicyclic) bond motifs is 1. The topological polar surface area (TPSA) is 67.2 Å². The van der Waals surface area contributed by atoms with Gasteiger partial charge in [0.05, 0.1) is 5.69 Å². The first kappa shape index (κ1) is 19.5. The maximum absolute atomic E-state index is 13.4. The SMILES string of the molecule is CCC1CCCCN1C(=O)c1nc(C(=O)NC2CCCCC2)n2c1CCCC2. The molecule has 1 atom stereocenters. The van der Waals surface area contributed by atoms with Crippen molar-refractivity contribution in [3.05, 3.63) is 17.2 Å². The van der Waals surface area contributed by atoms with E-state index in [4.69, 9.17) is 0 Å². The summed E-state index contributed by atoms with van der Waals surface area (Å²) in [6.45, 7) is 3.76. The Morgan fingerprint density at radius 3 is 2.54 bits per heavy atom. The van der Waals surface area contributed by atoms with Crippen molar-refractivity contribution in [2.75, 3.05) is 6.54 Å². The maximum Gasteiger partial charge on any atom is 0.287 e. The minimum Gasteiger partial charge on any atom is -0.347 e. The Bertz CT molecular complexity index is 720. The molecule has 2 aliphatic heterocycles. The quantitative estimate of drug-likeness (QED) is 0.858. The molecule has 4 rings (SSSR count). The summed E-state index contributed by atoms with van der Waals surface area (Å²) in [4.78, 5) is 33.1. The molecular weight excluding hydrogens is 352 g/mol. The molecule has 0 aromatic carbocycles. The van der Waals surface area contributed by atoms with Gasteiger partial charge in [-0.15, -0.1) is 0 Å². The predicted molar refractivity (Wildman–Crippen MR) is 108 cm³/mol. The van der Waals surface area contributed by atoms with E-state index in [0.717, 1.165) is 70.2 Å². The molecule has 0 radical (unpaired) electrons. The van der Waals surface area contributed by atoms with Crippen molar-refractivity contribution in [2.45, 2.75) is 103 Å². The Balaban J connectivity index is 1.59. The Kier molecular flexibility index (Phi) is 6.02. The standard InChI is InChI=1S/C22H34N4O2/c1-2-17-12-6-8-14-25(17)22(28)19-18-13-7-9-15-26(18)20(24-19)21(27)23-16-10-4-3-5-11-16/h16-17H,2-15H2,1H3,(H,23,27). The van der Waals surface area contributed by atoms with Gasteiger partial charge in [-0.25, -0.2) is 4.98 Å². The van der Waals surface area contributed by atoms with Gasteiger partial charge in [0.2, 0.25) is 0 Å². The summed E-state index contributed by atoms with van der Waals surface area (Å²) in [6.07, 6.45) is 13.0. The number of rotatable bonds is 4. The zero-order chi connectivity index (χ0) is 19.5. The van der Waals surface area contributed by atoms with Gasteiger partial charge in [0, 0.05) is 25.2 Å². The predicted octanol–water partition coefficient (Wildman–Crippen LogP) is 3.69. The van der Waals surface area contributed by atoms with Gasteiger partial charge < -0.3 is 14.8 Å². The van der Waals surface area contributed by atoms with Crippen molar-refractivity contribution in [1.82, 2.24) is 19.8 Å². The fourth-order valence-electron chi connectivity index (χ4n) is 5.21. The summed E-state index contributed by atoms with van der Waals surface area (Å²) < 4.78 is 2.03. The van der Waals surface area contributed by atoms with Crippen LogP contribution in [0.25, 0.3) is 0 Å². The average molecular weight is 387 g/mol. The summed E-state index contributed by atoms with van der Waals surface area (Å²) in [5.41, 5.74) is 1.51. The number of nitrogens with one attached hydrogen (secondary N) is 1. The van der Waals surface area contributed by atoms with Crippen LogP contribution < -0.4 is 5.32 Å². The number of hydrogen-bond acceptors (Lipinski definition) is 3. The molecule has 1 aromatic rings. The maximum atomic E-state index is 13.4. The van der Waals surface area contributed by atoms with Crippen molar-refractivity contribution < 1.29 is 9.59 Å². The van der Waals surface area contributed by atoms with Crippen molar-refractivity contribution in [3.63, 3.8) is 0 Å². The normalized spacial score (nSPS) is 23.3. The molecule has 1 unspecified atom stereocenters. The Morgan fingerprint density at radius 2 is 1.75 bits per heavy atom. The summed E-state index contributed by atoms with van der Waals surface area (Å²) in [6, 6.07) is 0.560. The molecule has 1 aromatic heterocycles. The molecule has 1 saturated heterocycles. The van der Waals surface area contributed by atoms with Crippen LogP contribution in [0.15, 0.2) is 0 Å². The van der Waals surface area contributed by atoms with Gasteiger partial charge in [0.15, 0.2) is 5.82 Å². The summed E-state index contributed by atoms with van der Waals surface area (Å²) in [5, 5.41) is 3.19. The first-order chi connectivity index (χ1) is 13.7. The van der Waals surface area contributed by atoms with E-state index in [2.05, 4.69) is 17.2 Å². The van der Waals surface area contributed by atoms with E-state index in [1.54, 1.807) is 0 Å². The van der Waals surface area contributed by atoms with E-state index in [0.29, 0.717) is 17.6 Å². The first-order valence-corrected chi connectivity index (χ1v) is 11.4. The number of piperidine rings is 1. The molecule has 0 spiro atoms. The van der Waals surface area contributed by atoms with Gasteiger partial charge in [-0.3, -0.25) is 9.59 Å². The van der Waals surface area contributed by atoms with E-state index in [1.807, 2.05) is 9.47 Å². The second kappa shape index (κ2) is 8.66. The molecular formula is C22H34N4O2. The monoisotopic (exact) mass is 386 g/mol. The van der Waals surface area contributed by atoms with Gasteiger partial charge in [-0.05, 0) is 57.8 Å². The lowest BCUT2D eigenvalue weighted by atomic mass is 9.95. The molecule has 2 amide bonds. The second-order valence-corrected chi connectivity index (χ2v) is 8.70. The van der Waals surface area contributed by atoms with E-state index in [1.165, 1.54) is 25.7 Å². The number of hydrogen-bond donors (Lipinski definition) is 1. The second-order valence-electron chi connectivity index (χ2n) is 8.70. The van der Waals surface area contributed by atoms with Crippen LogP contribution in [0.1, 0.15) is 104 Å². The zero-order valence-electron chi connectivity index (χ0n) is 17.2. The molecule has 0 bridgehead atoms. The van der Waals surface area contributed by atoms with Gasteiger partial charge in [0.25, 0.3) is 11.8 Å². The highest BCUT2D eigenvalue weighted by molar-refractivity contribution is 5.97. The number of nitrogens with zero attached hydrogens (tertiary/aromatic N) is 3. The fourth-order valence-corrected chi connectivity index (χ4v) is 5.21. The lowest BCUT2D eigenvalue weighted by Gasteiger charge is -2.35. The number of carbonyl (C=O) groups excluding carboxylic acids is 2. The minimum atomic E-state index is -0.0974. The third-order valence-corrected chi connectivity index (χ3v) is 6.82. The molecule has 3 heterocycles. The Labute approximate surface area is 168 Å². The molecule has 1 N–H and O–H groups in total. The fraction of sp³-hybridized carbons (Fsp3) is 0.773. The molecule has 28 heavy (non-hydrogen) atoms. The van der Waals surface area contributed by atoms with Crippen LogP contribution >= 0.6 is 0 Å². The molecule has 6 heteroatoms. The van der Waals surface area contributed by atoms with Crippen molar-refractivity contribution in [1.29, 1.82) is 0 Å². The van der Waals surface area contributed by atoms with Crippen LogP contribution in [-0.4, -0.2) is 44.9 Å². The van der Waals surface area contributed by atoms with Crippen LogP contribution in [0.4, 0.5) is 0 Å². The highest BCUT2D eigenvalue weighted by atomic mass is 16.2. The molecule has 2 fully saturated rings. The zero-order valence-corrected chi connectivity index (χ0v) is 17.2. The van der Waals surface area contributed by atoms with E-state index >= 15 is 0 Å². The summed E-state index contributed by atoms with van der Waals surface area (Å²) >= 11 is 0. The molecule has 6 nitrogen and oxygen atoms in total. The summed E-state index contributed by atoms with van der Waals surface area (Å²) in [7, 11) is 0. The number of carbonyl (C=O) groups is 2. The molecule has 1 saturated carbocycles. The third-order valence-electron chi connectivity index (χ3n) is 6.82. The average Bonchev–Trinajstić information content (AvgIpc) is 3.14. The van der Waals surface area contributed by atoms with Gasteiger partial charge in [0.1, 0.15) is 5.69 Å². The lowest BCUT2D eigenvalue weighted by molar-refractivity contribution is 0.0600. The van der Waals surface area contributed by atoms with E-state index in [-0.39, 0.29) is 17.9 Å². The largest absolute Gasteiger partial charge is 0.347 e. The molecule has 3 aliphatic rings. The van der Waals surface area contributed by atoms with Crippen LogP contribution in [0.3, 0.4) is 0 Å². The number of imidazole rings is 1. The number of aromatic nitrogens is 2. The van der Waals surface area contributed by atoms with Crippen LogP contribution in [0, 0.1) is 0 Å². The number of amides is 2. The van der Waals surface area contributed by atoms with Crippen molar-refractivity contribution in [2.24, 2.45) is 0 Å². The Morgan fingerprint density at radius 1 is 1.00 bits per heavy atom. The van der Waals surface area contributed by atoms with E-state index in [9.17, 15) is 9.59 Å². The third kappa shape index (κ3) is 3.83.